The minimum Gasteiger partial charge on any atom is -0.0768 e. The van der Waals surface area contributed by atoms with Gasteiger partial charge in [0.25, 0.3) is 0 Å². The summed E-state index contributed by atoms with van der Waals surface area (Å²) >= 11 is 0. The van der Waals surface area contributed by atoms with Crippen LogP contribution in [-0.2, 0) is 0 Å². The van der Waals surface area contributed by atoms with Crippen molar-refractivity contribution in [3.8, 4) is 0 Å². The Balaban J connectivity index is 1.61. The summed E-state index contributed by atoms with van der Waals surface area (Å²) in [5, 5.41) is 0. The van der Waals surface area contributed by atoms with Gasteiger partial charge in [0.1, 0.15) is 0 Å². The second kappa shape index (κ2) is 5.37. The maximum absolute atomic E-state index is 6.02. The molecule has 0 N–H and O–H groups in total. The molecule has 104 valence electrons. The molecule has 3 atom stereocenters. The number of hydrogen-bond donors (Lipinski definition) is 0. The predicted molar refractivity (Wildman–Crippen MR) is 88.7 cm³/mol. The summed E-state index contributed by atoms with van der Waals surface area (Å²) in [5.74, 6) is 3.52. The zero-order valence-electron chi connectivity index (χ0n) is 12.4. The van der Waals surface area contributed by atoms with Gasteiger partial charge in [0.15, 0.2) is 0 Å². The van der Waals surface area contributed by atoms with Crippen LogP contribution in [-0.4, -0.2) is 7.85 Å². The van der Waals surface area contributed by atoms with Crippen LogP contribution in [0.3, 0.4) is 0 Å². The van der Waals surface area contributed by atoms with Crippen LogP contribution in [0.1, 0.15) is 42.2 Å². The Bertz CT molecular complexity index is 586. The van der Waals surface area contributed by atoms with E-state index in [2.05, 4.69) is 60.7 Å². The van der Waals surface area contributed by atoms with E-state index < -0.39 is 0 Å². The molecule has 2 fully saturated rings. The van der Waals surface area contributed by atoms with Gasteiger partial charge in [0, 0.05) is 0 Å². The van der Waals surface area contributed by atoms with Gasteiger partial charge in [-0.25, -0.2) is 0 Å². The first kappa shape index (κ1) is 13.2. The summed E-state index contributed by atoms with van der Waals surface area (Å²) in [7, 11) is 6.02. The minimum absolute atomic E-state index is 0.460. The van der Waals surface area contributed by atoms with Gasteiger partial charge in [-0.2, -0.15) is 0 Å². The molecule has 2 aromatic carbocycles. The highest BCUT2D eigenvalue weighted by Gasteiger charge is 2.48. The fraction of sp³-hybridized carbons (Fsp3) is 0.400. The van der Waals surface area contributed by atoms with Crippen LogP contribution in [0.25, 0.3) is 0 Å². The quantitative estimate of drug-likeness (QED) is 0.694. The van der Waals surface area contributed by atoms with E-state index in [9.17, 15) is 0 Å². The van der Waals surface area contributed by atoms with Crippen molar-refractivity contribution in [2.24, 2.45) is 11.8 Å². The normalized spacial score (nSPS) is 34.8. The molecule has 4 rings (SSSR count). The average molecular weight is 272 g/mol. The Morgan fingerprint density at radius 3 is 1.86 bits per heavy atom. The molecule has 1 heteroatoms. The van der Waals surface area contributed by atoms with E-state index in [0.29, 0.717) is 17.7 Å². The molecule has 21 heavy (non-hydrogen) atoms. The van der Waals surface area contributed by atoms with Crippen molar-refractivity contribution >= 4 is 7.85 Å². The molecule has 0 spiro atoms. The van der Waals surface area contributed by atoms with Gasteiger partial charge in [-0.3, -0.25) is 0 Å². The highest BCUT2D eigenvalue weighted by Crippen LogP contribution is 2.60. The third-order valence-corrected chi connectivity index (χ3v) is 5.65. The highest BCUT2D eigenvalue weighted by molar-refractivity contribution is 6.12. The average Bonchev–Trinajstić information content (AvgIpc) is 2.47. The van der Waals surface area contributed by atoms with Gasteiger partial charge in [0.05, 0.1) is 7.85 Å². The smallest absolute Gasteiger partial charge is 0.0699 e. The summed E-state index contributed by atoms with van der Waals surface area (Å²) in [4.78, 5) is 0. The lowest BCUT2D eigenvalue weighted by molar-refractivity contribution is 0.0776. The third-order valence-electron chi connectivity index (χ3n) is 5.65. The molecule has 0 nitrogen and oxygen atoms in total. The van der Waals surface area contributed by atoms with Crippen LogP contribution in [0.15, 0.2) is 60.7 Å². The van der Waals surface area contributed by atoms with Crippen molar-refractivity contribution in [3.63, 3.8) is 0 Å². The molecule has 2 saturated carbocycles. The van der Waals surface area contributed by atoms with Crippen LogP contribution in [0, 0.1) is 11.8 Å². The lowest BCUT2D eigenvalue weighted by Gasteiger charge is -2.53. The van der Waals surface area contributed by atoms with Crippen molar-refractivity contribution in [1.29, 1.82) is 0 Å². The number of rotatable bonds is 3. The Morgan fingerprint density at radius 1 is 0.714 bits per heavy atom. The molecule has 0 heterocycles. The van der Waals surface area contributed by atoms with Gasteiger partial charge >= 0.3 is 0 Å². The van der Waals surface area contributed by atoms with Gasteiger partial charge in [0.2, 0.25) is 0 Å². The van der Waals surface area contributed by atoms with E-state index in [0.717, 1.165) is 11.8 Å². The maximum Gasteiger partial charge on any atom is 0.0699 e. The SMILES string of the molecule is [B]C1CC(C2CC(c3ccccc3)C2c2ccccc2)C1. The van der Waals surface area contributed by atoms with Crippen molar-refractivity contribution in [2.75, 3.05) is 0 Å². The van der Waals surface area contributed by atoms with E-state index in [4.69, 9.17) is 7.85 Å². The first-order valence-corrected chi connectivity index (χ1v) is 8.18. The predicted octanol–water partition coefficient (Wildman–Crippen LogP) is 4.94. The zero-order chi connectivity index (χ0) is 14.2. The van der Waals surface area contributed by atoms with E-state index in [1.807, 2.05) is 0 Å². The summed E-state index contributed by atoms with van der Waals surface area (Å²) in [5.41, 5.74) is 3.02. The Kier molecular flexibility index (Phi) is 3.37. The molecule has 0 aliphatic heterocycles. The summed E-state index contributed by atoms with van der Waals surface area (Å²) in [6.45, 7) is 0. The van der Waals surface area contributed by atoms with E-state index >= 15 is 0 Å². The number of hydrogen-bond acceptors (Lipinski definition) is 0. The summed E-state index contributed by atoms with van der Waals surface area (Å²) < 4.78 is 0. The highest BCUT2D eigenvalue weighted by atomic mass is 14.5. The standard InChI is InChI=1S/C20H21B/c21-17-11-16(12-17)19-13-18(14-7-3-1-4-8-14)20(19)15-9-5-2-6-10-15/h1-10,16-20H,11-13H2. The summed E-state index contributed by atoms with van der Waals surface area (Å²) in [6.07, 6.45) is 3.80. The fourth-order valence-electron chi connectivity index (χ4n) is 4.43. The van der Waals surface area contributed by atoms with Crippen molar-refractivity contribution in [2.45, 2.75) is 36.9 Å². The lowest BCUT2D eigenvalue weighted by Crippen LogP contribution is -2.41. The molecule has 2 aliphatic rings. The fourth-order valence-corrected chi connectivity index (χ4v) is 4.43. The van der Waals surface area contributed by atoms with E-state index in [1.165, 1.54) is 30.4 Å². The largest absolute Gasteiger partial charge is 0.0768 e. The number of benzene rings is 2. The molecule has 0 bridgehead atoms. The molecule has 0 saturated heterocycles. The monoisotopic (exact) mass is 272 g/mol. The molecular weight excluding hydrogens is 251 g/mol. The van der Waals surface area contributed by atoms with Crippen LogP contribution >= 0.6 is 0 Å². The van der Waals surface area contributed by atoms with Gasteiger partial charge in [-0.05, 0) is 41.2 Å². The first-order valence-electron chi connectivity index (χ1n) is 8.18. The van der Waals surface area contributed by atoms with Crippen LogP contribution in [0.5, 0.6) is 0 Å². The van der Waals surface area contributed by atoms with Crippen molar-refractivity contribution < 1.29 is 0 Å². The third kappa shape index (κ3) is 2.33. The van der Waals surface area contributed by atoms with Crippen LogP contribution in [0.2, 0.25) is 5.82 Å². The molecule has 0 amide bonds. The van der Waals surface area contributed by atoms with Gasteiger partial charge in [-0.1, -0.05) is 79.3 Å². The Morgan fingerprint density at radius 2 is 1.29 bits per heavy atom. The molecule has 2 aliphatic carbocycles. The second-order valence-electron chi connectivity index (χ2n) is 6.84. The van der Waals surface area contributed by atoms with E-state index in [-0.39, 0.29) is 0 Å². The minimum atomic E-state index is 0.460. The Hall–Kier alpha value is -1.50. The Labute approximate surface area is 129 Å². The molecule has 0 aromatic heterocycles. The zero-order valence-corrected chi connectivity index (χ0v) is 12.4. The molecule has 2 radical (unpaired) electrons. The molecular formula is C20H21B. The first-order chi connectivity index (χ1) is 10.3. The van der Waals surface area contributed by atoms with Crippen LogP contribution < -0.4 is 0 Å². The second-order valence-corrected chi connectivity index (χ2v) is 6.84. The summed E-state index contributed by atoms with van der Waals surface area (Å²) in [6, 6.07) is 22.1. The molecule has 2 aromatic rings. The van der Waals surface area contributed by atoms with Gasteiger partial charge in [-0.15, -0.1) is 0 Å². The van der Waals surface area contributed by atoms with Gasteiger partial charge < -0.3 is 0 Å². The van der Waals surface area contributed by atoms with Crippen LogP contribution in [0.4, 0.5) is 0 Å². The van der Waals surface area contributed by atoms with Crippen molar-refractivity contribution in [1.82, 2.24) is 0 Å². The van der Waals surface area contributed by atoms with E-state index in [1.54, 1.807) is 0 Å². The topological polar surface area (TPSA) is 0 Å². The van der Waals surface area contributed by atoms with Crippen molar-refractivity contribution in [3.05, 3.63) is 71.8 Å². The molecule has 3 unspecified atom stereocenters. The lowest BCUT2D eigenvalue weighted by atomic mass is 9.49. The maximum atomic E-state index is 6.02.